The second-order valence-corrected chi connectivity index (χ2v) is 5.72. The molecule has 0 unspecified atom stereocenters. The van der Waals surface area contributed by atoms with E-state index in [1.54, 1.807) is 12.1 Å². The van der Waals surface area contributed by atoms with Crippen molar-refractivity contribution in [3.63, 3.8) is 0 Å². The number of hydrogen-bond donors (Lipinski definition) is 2. The fourth-order valence-electron chi connectivity index (χ4n) is 2.30. The minimum absolute atomic E-state index is 0.0761. The van der Waals surface area contributed by atoms with Gasteiger partial charge in [-0.15, -0.1) is 0 Å². The second-order valence-electron chi connectivity index (χ2n) is 4.87. The predicted octanol–water partition coefficient (Wildman–Crippen LogP) is 1.77. The van der Waals surface area contributed by atoms with Gasteiger partial charge in [0.1, 0.15) is 0 Å². The average molecular weight is 342 g/mol. The molecule has 0 atom stereocenters. The molecule has 2 N–H and O–H groups in total. The molecule has 0 aromatic heterocycles. The summed E-state index contributed by atoms with van der Waals surface area (Å²) >= 11 is 3.33. The van der Waals surface area contributed by atoms with Gasteiger partial charge in [0.25, 0.3) is 5.91 Å². The zero-order valence-electron chi connectivity index (χ0n) is 10.4. The molecular weight excluding hydrogens is 330 g/mol. The van der Waals surface area contributed by atoms with Gasteiger partial charge in [-0.1, -0.05) is 0 Å². The number of hydrogen-bond acceptors (Lipinski definition) is 4. The standard InChI is InChI=1S/C13H12BrNO5/c14-9-3-6(4-10-11(9)20-5-19-10)12(16)15-8-1-7(2-8)13(17)18/h3-4,7-8H,1-2,5H2,(H,15,16)(H,17,18). The first kappa shape index (κ1) is 13.2. The van der Waals surface area contributed by atoms with E-state index in [2.05, 4.69) is 21.2 Å². The summed E-state index contributed by atoms with van der Waals surface area (Å²) in [7, 11) is 0. The number of aliphatic carboxylic acids is 1. The summed E-state index contributed by atoms with van der Waals surface area (Å²) in [6.45, 7) is 0.141. The van der Waals surface area contributed by atoms with Gasteiger partial charge >= 0.3 is 5.97 Å². The van der Waals surface area contributed by atoms with Crippen molar-refractivity contribution in [1.29, 1.82) is 0 Å². The van der Waals surface area contributed by atoms with Crippen molar-refractivity contribution in [2.24, 2.45) is 5.92 Å². The van der Waals surface area contributed by atoms with Crippen LogP contribution in [0.1, 0.15) is 23.2 Å². The summed E-state index contributed by atoms with van der Waals surface area (Å²) in [4.78, 5) is 22.8. The molecule has 20 heavy (non-hydrogen) atoms. The monoisotopic (exact) mass is 341 g/mol. The highest BCUT2D eigenvalue weighted by atomic mass is 79.9. The lowest BCUT2D eigenvalue weighted by Crippen LogP contribution is -2.46. The Labute approximate surface area is 123 Å². The molecule has 1 aromatic rings. The average Bonchev–Trinajstić information content (AvgIpc) is 2.81. The Morgan fingerprint density at radius 2 is 2.05 bits per heavy atom. The lowest BCUT2D eigenvalue weighted by atomic mass is 9.80. The predicted molar refractivity (Wildman–Crippen MR) is 71.9 cm³/mol. The summed E-state index contributed by atoms with van der Waals surface area (Å²) in [6, 6.07) is 3.21. The molecule has 1 fully saturated rings. The highest BCUT2D eigenvalue weighted by Gasteiger charge is 2.35. The molecule has 7 heteroatoms. The number of carboxylic acids is 1. The molecule has 1 saturated carbocycles. The third-order valence-electron chi connectivity index (χ3n) is 3.51. The summed E-state index contributed by atoms with van der Waals surface area (Å²) in [5, 5.41) is 11.6. The van der Waals surface area contributed by atoms with E-state index in [1.165, 1.54) is 0 Å². The number of amides is 1. The molecule has 1 amide bonds. The Hall–Kier alpha value is -1.76. The molecule has 6 nitrogen and oxygen atoms in total. The highest BCUT2D eigenvalue weighted by molar-refractivity contribution is 9.10. The fraction of sp³-hybridized carbons (Fsp3) is 0.385. The third kappa shape index (κ3) is 2.33. The minimum Gasteiger partial charge on any atom is -0.481 e. The topological polar surface area (TPSA) is 84.9 Å². The molecule has 2 aliphatic rings. The zero-order valence-corrected chi connectivity index (χ0v) is 12.0. The van der Waals surface area contributed by atoms with Crippen molar-refractivity contribution in [2.75, 3.05) is 6.79 Å². The largest absolute Gasteiger partial charge is 0.481 e. The first-order chi connectivity index (χ1) is 9.54. The van der Waals surface area contributed by atoms with Crippen LogP contribution in [0.15, 0.2) is 16.6 Å². The van der Waals surface area contributed by atoms with Crippen molar-refractivity contribution in [3.05, 3.63) is 22.2 Å². The van der Waals surface area contributed by atoms with Crippen LogP contribution in [0.4, 0.5) is 0 Å². The van der Waals surface area contributed by atoms with Crippen molar-refractivity contribution >= 4 is 27.8 Å². The SMILES string of the molecule is O=C(NC1CC(C(=O)O)C1)c1cc(Br)c2c(c1)OCO2. The molecule has 1 heterocycles. The number of ether oxygens (including phenoxy) is 2. The van der Waals surface area contributed by atoms with E-state index < -0.39 is 5.97 Å². The van der Waals surface area contributed by atoms with E-state index in [4.69, 9.17) is 14.6 Å². The van der Waals surface area contributed by atoms with Crippen molar-refractivity contribution in [3.8, 4) is 11.5 Å². The first-order valence-corrected chi connectivity index (χ1v) is 6.96. The number of carbonyl (C=O) groups excluding carboxylic acids is 1. The van der Waals surface area contributed by atoms with Crippen LogP contribution in [-0.2, 0) is 4.79 Å². The number of carboxylic acid groups (broad SMARTS) is 1. The van der Waals surface area contributed by atoms with Gasteiger partial charge in [0, 0.05) is 11.6 Å². The van der Waals surface area contributed by atoms with Gasteiger partial charge in [-0.2, -0.15) is 0 Å². The van der Waals surface area contributed by atoms with E-state index >= 15 is 0 Å². The minimum atomic E-state index is -0.804. The number of carbonyl (C=O) groups is 2. The molecule has 0 radical (unpaired) electrons. The van der Waals surface area contributed by atoms with Crippen LogP contribution in [0.3, 0.4) is 0 Å². The van der Waals surface area contributed by atoms with Crippen molar-refractivity contribution in [1.82, 2.24) is 5.32 Å². The quantitative estimate of drug-likeness (QED) is 0.875. The number of rotatable bonds is 3. The van der Waals surface area contributed by atoms with Crippen LogP contribution < -0.4 is 14.8 Å². The molecule has 0 spiro atoms. The van der Waals surface area contributed by atoms with E-state index in [9.17, 15) is 9.59 Å². The van der Waals surface area contributed by atoms with Crippen LogP contribution in [-0.4, -0.2) is 29.8 Å². The molecule has 1 aromatic carbocycles. The van der Waals surface area contributed by atoms with Gasteiger partial charge in [-0.05, 0) is 40.9 Å². The second kappa shape index (κ2) is 4.97. The Kier molecular flexibility index (Phi) is 3.29. The number of benzene rings is 1. The van der Waals surface area contributed by atoms with Crippen LogP contribution in [0.25, 0.3) is 0 Å². The molecule has 1 aliphatic carbocycles. The van der Waals surface area contributed by atoms with Gasteiger partial charge < -0.3 is 19.9 Å². The number of nitrogens with one attached hydrogen (secondary N) is 1. The lowest BCUT2D eigenvalue weighted by Gasteiger charge is -2.32. The van der Waals surface area contributed by atoms with E-state index in [0.717, 1.165) is 0 Å². The Balaban J connectivity index is 1.67. The maximum atomic E-state index is 12.1. The molecule has 106 valence electrons. The highest BCUT2D eigenvalue weighted by Crippen LogP contribution is 2.40. The van der Waals surface area contributed by atoms with Crippen LogP contribution in [0, 0.1) is 5.92 Å². The van der Waals surface area contributed by atoms with Crippen LogP contribution >= 0.6 is 15.9 Å². The van der Waals surface area contributed by atoms with Gasteiger partial charge in [0.15, 0.2) is 11.5 Å². The smallest absolute Gasteiger partial charge is 0.306 e. The summed E-state index contributed by atoms with van der Waals surface area (Å²) in [6.07, 6.45) is 0.958. The van der Waals surface area contributed by atoms with E-state index in [-0.39, 0.29) is 24.7 Å². The van der Waals surface area contributed by atoms with E-state index in [1.807, 2.05) is 0 Å². The normalized spacial score (nSPS) is 23.1. The zero-order chi connectivity index (χ0) is 14.3. The van der Waals surface area contributed by atoms with Gasteiger partial charge in [0.2, 0.25) is 6.79 Å². The summed E-state index contributed by atoms with van der Waals surface area (Å²) in [5.41, 5.74) is 0.458. The summed E-state index contributed by atoms with van der Waals surface area (Å²) in [5.74, 6) is -0.263. The number of halogens is 1. The molecular formula is C13H12BrNO5. The van der Waals surface area contributed by atoms with Crippen molar-refractivity contribution < 1.29 is 24.2 Å². The molecule has 1 aliphatic heterocycles. The first-order valence-electron chi connectivity index (χ1n) is 6.17. The lowest BCUT2D eigenvalue weighted by molar-refractivity contribution is -0.145. The fourth-order valence-corrected chi connectivity index (χ4v) is 2.86. The van der Waals surface area contributed by atoms with E-state index in [0.29, 0.717) is 34.4 Å². The van der Waals surface area contributed by atoms with Crippen LogP contribution in [0.2, 0.25) is 0 Å². The van der Waals surface area contributed by atoms with Gasteiger partial charge in [-0.25, -0.2) is 0 Å². The summed E-state index contributed by atoms with van der Waals surface area (Å²) < 4.78 is 11.2. The maximum absolute atomic E-state index is 12.1. The Morgan fingerprint density at radius 1 is 1.30 bits per heavy atom. The molecule has 0 bridgehead atoms. The Morgan fingerprint density at radius 3 is 2.75 bits per heavy atom. The van der Waals surface area contributed by atoms with Gasteiger partial charge in [-0.3, -0.25) is 9.59 Å². The van der Waals surface area contributed by atoms with Crippen LogP contribution in [0.5, 0.6) is 11.5 Å². The molecule has 0 saturated heterocycles. The number of fused-ring (bicyclic) bond motifs is 1. The maximum Gasteiger partial charge on any atom is 0.306 e. The third-order valence-corrected chi connectivity index (χ3v) is 4.10. The van der Waals surface area contributed by atoms with Gasteiger partial charge in [0.05, 0.1) is 10.4 Å². The van der Waals surface area contributed by atoms with Crippen molar-refractivity contribution in [2.45, 2.75) is 18.9 Å². The Bertz CT molecular complexity index is 582. The molecule has 3 rings (SSSR count).